The van der Waals surface area contributed by atoms with Crippen LogP contribution in [0.25, 0.3) is 0 Å². The molecular weight excluding hydrogens is 385 g/mol. The summed E-state index contributed by atoms with van der Waals surface area (Å²) in [4.78, 5) is 14.8. The molecule has 1 unspecified atom stereocenters. The van der Waals surface area contributed by atoms with Gasteiger partial charge in [-0.2, -0.15) is 0 Å². The fraction of sp³-hybridized carbons (Fsp3) is 0.381. The zero-order chi connectivity index (χ0) is 20.9. The van der Waals surface area contributed by atoms with Crippen LogP contribution < -0.4 is 14.8 Å². The monoisotopic (exact) mass is 408 g/mol. The van der Waals surface area contributed by atoms with Gasteiger partial charge in [-0.15, -0.1) is 13.2 Å². The molecule has 0 radical (unpaired) electrons. The Morgan fingerprint density at radius 1 is 1.03 bits per heavy atom. The number of nitrogens with one attached hydrogen (secondary N) is 1. The van der Waals surface area contributed by atoms with Gasteiger partial charge in [0, 0.05) is 12.1 Å². The minimum atomic E-state index is -4.76. The minimum absolute atomic E-state index is 0.0141. The Bertz CT molecular complexity index is 801. The number of alkyl halides is 3. The highest BCUT2D eigenvalue weighted by molar-refractivity contribution is 5.94. The summed E-state index contributed by atoms with van der Waals surface area (Å²) in [5.74, 6) is 0.0580. The average molecular weight is 408 g/mol. The molecular formula is C21H23F3N2O3. The number of carbonyl (C=O) groups excluding carboxylic acids is 1. The molecule has 1 heterocycles. The third-order valence-corrected chi connectivity index (χ3v) is 4.89. The van der Waals surface area contributed by atoms with E-state index in [1.807, 2.05) is 24.3 Å². The van der Waals surface area contributed by atoms with Crippen LogP contribution in [0, 0.1) is 0 Å². The van der Waals surface area contributed by atoms with Crippen molar-refractivity contribution < 1.29 is 27.4 Å². The number of amides is 1. The molecule has 1 saturated heterocycles. The second-order valence-corrected chi connectivity index (χ2v) is 6.81. The third kappa shape index (κ3) is 5.87. The van der Waals surface area contributed by atoms with E-state index in [1.165, 1.54) is 12.1 Å². The van der Waals surface area contributed by atoms with E-state index in [-0.39, 0.29) is 23.3 Å². The standard InChI is InChI=1S/C21H23F3N2O3/c1-28-17-8-4-15(5-9-17)19(26-12-2-3-13-26)14-25-20(27)16-6-10-18(11-7-16)29-21(22,23)24/h4-11,19H,2-3,12-14H2,1H3,(H,25,27). The first-order valence-corrected chi connectivity index (χ1v) is 9.38. The molecule has 1 aliphatic rings. The molecule has 0 aromatic heterocycles. The van der Waals surface area contributed by atoms with Crippen molar-refractivity contribution in [3.8, 4) is 11.5 Å². The molecule has 5 nitrogen and oxygen atoms in total. The molecule has 8 heteroatoms. The van der Waals surface area contributed by atoms with E-state index in [0.29, 0.717) is 6.54 Å². The number of ether oxygens (including phenoxy) is 2. The molecule has 0 spiro atoms. The number of nitrogens with zero attached hydrogens (tertiary/aromatic N) is 1. The summed E-state index contributed by atoms with van der Waals surface area (Å²) < 4.78 is 45.8. The number of benzene rings is 2. The number of halogens is 3. The molecule has 3 rings (SSSR count). The minimum Gasteiger partial charge on any atom is -0.497 e. The highest BCUT2D eigenvalue weighted by atomic mass is 19.4. The van der Waals surface area contributed by atoms with E-state index in [1.54, 1.807) is 7.11 Å². The predicted octanol–water partition coefficient (Wildman–Crippen LogP) is 4.16. The van der Waals surface area contributed by atoms with Crippen molar-refractivity contribution in [3.63, 3.8) is 0 Å². The average Bonchev–Trinajstić information content (AvgIpc) is 3.22. The van der Waals surface area contributed by atoms with Crippen LogP contribution in [0.2, 0.25) is 0 Å². The molecule has 1 aliphatic heterocycles. The summed E-state index contributed by atoms with van der Waals surface area (Å²) in [5, 5.41) is 2.90. The first-order chi connectivity index (χ1) is 13.9. The molecule has 1 amide bonds. The van der Waals surface area contributed by atoms with Crippen LogP contribution in [0.15, 0.2) is 48.5 Å². The van der Waals surface area contributed by atoms with E-state index >= 15 is 0 Å². The molecule has 156 valence electrons. The van der Waals surface area contributed by atoms with E-state index in [4.69, 9.17) is 4.74 Å². The second kappa shape index (κ2) is 9.17. The van der Waals surface area contributed by atoms with E-state index in [9.17, 15) is 18.0 Å². The van der Waals surface area contributed by atoms with Gasteiger partial charge in [0.1, 0.15) is 11.5 Å². The van der Waals surface area contributed by atoms with Crippen LogP contribution in [0.5, 0.6) is 11.5 Å². The molecule has 1 N–H and O–H groups in total. The zero-order valence-corrected chi connectivity index (χ0v) is 16.0. The van der Waals surface area contributed by atoms with Gasteiger partial charge in [-0.05, 0) is 67.9 Å². The summed E-state index contributed by atoms with van der Waals surface area (Å²) in [6.45, 7) is 2.30. The summed E-state index contributed by atoms with van der Waals surface area (Å²) in [6, 6.07) is 12.6. The summed E-state index contributed by atoms with van der Waals surface area (Å²) in [5.41, 5.74) is 1.34. The fourth-order valence-electron chi connectivity index (χ4n) is 3.44. The van der Waals surface area contributed by atoms with Crippen molar-refractivity contribution in [2.75, 3.05) is 26.7 Å². The smallest absolute Gasteiger partial charge is 0.497 e. The van der Waals surface area contributed by atoms with Crippen molar-refractivity contribution >= 4 is 5.91 Å². The Hall–Kier alpha value is -2.74. The van der Waals surface area contributed by atoms with Crippen molar-refractivity contribution in [1.29, 1.82) is 0 Å². The first-order valence-electron chi connectivity index (χ1n) is 9.38. The summed E-state index contributed by atoms with van der Waals surface area (Å²) in [6.07, 6.45) is -2.53. The number of carbonyl (C=O) groups is 1. The topological polar surface area (TPSA) is 50.8 Å². The lowest BCUT2D eigenvalue weighted by Gasteiger charge is -2.28. The second-order valence-electron chi connectivity index (χ2n) is 6.81. The maximum atomic E-state index is 12.5. The first kappa shape index (κ1) is 21.0. The van der Waals surface area contributed by atoms with Gasteiger partial charge in [0.2, 0.25) is 0 Å². The van der Waals surface area contributed by atoms with E-state index in [0.717, 1.165) is 49.4 Å². The van der Waals surface area contributed by atoms with Gasteiger partial charge < -0.3 is 14.8 Å². The Kier molecular flexibility index (Phi) is 6.64. The maximum absolute atomic E-state index is 12.5. The van der Waals surface area contributed by atoms with Gasteiger partial charge in [0.25, 0.3) is 5.91 Å². The molecule has 0 aliphatic carbocycles. The molecule has 2 aromatic carbocycles. The van der Waals surface area contributed by atoms with Crippen LogP contribution in [0.4, 0.5) is 13.2 Å². The van der Waals surface area contributed by atoms with Gasteiger partial charge in [0.05, 0.1) is 13.2 Å². The van der Waals surface area contributed by atoms with E-state index in [2.05, 4.69) is 15.0 Å². The number of hydrogen-bond acceptors (Lipinski definition) is 4. The molecule has 2 aromatic rings. The quantitative estimate of drug-likeness (QED) is 0.748. The number of likely N-dealkylation sites (tertiary alicyclic amines) is 1. The number of rotatable bonds is 7. The van der Waals surface area contributed by atoms with Gasteiger partial charge in [-0.1, -0.05) is 12.1 Å². The predicted molar refractivity (Wildman–Crippen MR) is 102 cm³/mol. The zero-order valence-electron chi connectivity index (χ0n) is 16.0. The van der Waals surface area contributed by atoms with Crippen LogP contribution in [-0.2, 0) is 0 Å². The van der Waals surface area contributed by atoms with Gasteiger partial charge >= 0.3 is 6.36 Å². The Balaban J connectivity index is 1.66. The SMILES string of the molecule is COc1ccc(C(CNC(=O)c2ccc(OC(F)(F)F)cc2)N2CCCC2)cc1. The highest BCUT2D eigenvalue weighted by Crippen LogP contribution is 2.27. The number of hydrogen-bond donors (Lipinski definition) is 1. The van der Waals surface area contributed by atoms with Crippen LogP contribution in [0.1, 0.15) is 34.8 Å². The van der Waals surface area contributed by atoms with Gasteiger partial charge in [-0.3, -0.25) is 9.69 Å². The van der Waals surface area contributed by atoms with Crippen molar-refractivity contribution in [2.24, 2.45) is 0 Å². The van der Waals surface area contributed by atoms with Crippen molar-refractivity contribution in [3.05, 3.63) is 59.7 Å². The largest absolute Gasteiger partial charge is 0.573 e. The third-order valence-electron chi connectivity index (χ3n) is 4.89. The highest BCUT2D eigenvalue weighted by Gasteiger charge is 2.31. The van der Waals surface area contributed by atoms with Crippen molar-refractivity contribution in [1.82, 2.24) is 10.2 Å². The molecule has 1 fully saturated rings. The maximum Gasteiger partial charge on any atom is 0.573 e. The Morgan fingerprint density at radius 3 is 2.17 bits per heavy atom. The van der Waals surface area contributed by atoms with Crippen molar-refractivity contribution in [2.45, 2.75) is 25.2 Å². The lowest BCUT2D eigenvalue weighted by molar-refractivity contribution is -0.274. The summed E-state index contributed by atoms with van der Waals surface area (Å²) in [7, 11) is 1.61. The number of methoxy groups -OCH3 is 1. The summed E-state index contributed by atoms with van der Waals surface area (Å²) >= 11 is 0. The normalized spacial score (nSPS) is 15.7. The lowest BCUT2D eigenvalue weighted by atomic mass is 10.0. The Morgan fingerprint density at radius 2 is 1.62 bits per heavy atom. The molecule has 0 saturated carbocycles. The van der Waals surface area contributed by atoms with Crippen LogP contribution in [-0.4, -0.2) is 43.9 Å². The Labute approximate surface area is 167 Å². The van der Waals surface area contributed by atoms with Crippen LogP contribution in [0.3, 0.4) is 0 Å². The van der Waals surface area contributed by atoms with Crippen LogP contribution >= 0.6 is 0 Å². The lowest BCUT2D eigenvalue weighted by Crippen LogP contribution is -2.36. The van der Waals surface area contributed by atoms with Gasteiger partial charge in [-0.25, -0.2) is 0 Å². The van der Waals surface area contributed by atoms with Gasteiger partial charge in [0.15, 0.2) is 0 Å². The fourth-order valence-corrected chi connectivity index (χ4v) is 3.44. The molecule has 0 bridgehead atoms. The van der Waals surface area contributed by atoms with E-state index < -0.39 is 6.36 Å². The molecule has 1 atom stereocenters. The molecule has 29 heavy (non-hydrogen) atoms.